The smallest absolute Gasteiger partial charge is 0.315 e. The molecule has 2 unspecified atom stereocenters. The first-order chi connectivity index (χ1) is 11.5. The fourth-order valence-electron chi connectivity index (χ4n) is 3.34. The summed E-state index contributed by atoms with van der Waals surface area (Å²) >= 11 is 0. The highest BCUT2D eigenvalue weighted by atomic mass is 16.5. The maximum absolute atomic E-state index is 12.4. The van der Waals surface area contributed by atoms with Gasteiger partial charge in [-0.3, -0.25) is 0 Å². The van der Waals surface area contributed by atoms with Gasteiger partial charge in [0.15, 0.2) is 0 Å². The molecule has 0 aromatic heterocycles. The molecule has 2 aliphatic rings. The molecule has 24 heavy (non-hydrogen) atoms. The molecule has 3 rings (SSSR count). The SMILES string of the molecule is COc1cccc(CC(NC(=O)NC(C)(CO)C2CC2)C2CC2)c1. The predicted octanol–water partition coefficient (Wildman–Crippen LogP) is 2.48. The Labute approximate surface area is 143 Å². The lowest BCUT2D eigenvalue weighted by Gasteiger charge is -2.30. The third-order valence-electron chi connectivity index (χ3n) is 5.30. The van der Waals surface area contributed by atoms with E-state index in [0.29, 0.717) is 11.8 Å². The lowest BCUT2D eigenvalue weighted by molar-refractivity contribution is 0.153. The molecular formula is C19H28N2O3. The normalized spacial score (nSPS) is 20.8. The van der Waals surface area contributed by atoms with E-state index >= 15 is 0 Å². The third-order valence-corrected chi connectivity index (χ3v) is 5.30. The molecule has 2 aliphatic carbocycles. The molecule has 2 fully saturated rings. The Hall–Kier alpha value is -1.75. The first-order valence-corrected chi connectivity index (χ1v) is 8.86. The highest BCUT2D eigenvalue weighted by molar-refractivity contribution is 5.75. The quantitative estimate of drug-likeness (QED) is 0.685. The van der Waals surface area contributed by atoms with Crippen LogP contribution in [0.1, 0.15) is 38.2 Å². The van der Waals surface area contributed by atoms with Crippen LogP contribution in [-0.2, 0) is 6.42 Å². The minimum Gasteiger partial charge on any atom is -0.497 e. The van der Waals surface area contributed by atoms with Crippen molar-refractivity contribution in [3.8, 4) is 5.75 Å². The molecule has 1 aromatic carbocycles. The topological polar surface area (TPSA) is 70.6 Å². The maximum Gasteiger partial charge on any atom is 0.315 e. The molecule has 5 nitrogen and oxygen atoms in total. The van der Waals surface area contributed by atoms with Crippen LogP contribution in [0.2, 0.25) is 0 Å². The van der Waals surface area contributed by atoms with Crippen LogP contribution in [0.15, 0.2) is 24.3 Å². The van der Waals surface area contributed by atoms with Crippen molar-refractivity contribution in [2.45, 2.75) is 50.6 Å². The summed E-state index contributed by atoms with van der Waals surface area (Å²) in [6.45, 7) is 1.91. The molecule has 0 saturated heterocycles. The average molecular weight is 332 g/mol. The van der Waals surface area contributed by atoms with Crippen molar-refractivity contribution >= 4 is 6.03 Å². The minimum atomic E-state index is -0.506. The summed E-state index contributed by atoms with van der Waals surface area (Å²) in [4.78, 5) is 12.4. The van der Waals surface area contributed by atoms with Gasteiger partial charge in [-0.05, 0) is 68.6 Å². The van der Waals surface area contributed by atoms with E-state index in [1.165, 1.54) is 5.56 Å². The van der Waals surface area contributed by atoms with Crippen molar-refractivity contribution in [2.75, 3.05) is 13.7 Å². The summed E-state index contributed by atoms with van der Waals surface area (Å²) in [6.07, 6.45) is 5.28. The Balaban J connectivity index is 1.60. The number of aliphatic hydroxyl groups excluding tert-OH is 1. The summed E-state index contributed by atoms with van der Waals surface area (Å²) in [6, 6.07) is 7.96. The Morgan fingerprint density at radius 1 is 1.38 bits per heavy atom. The maximum atomic E-state index is 12.4. The van der Waals surface area contributed by atoms with Crippen molar-refractivity contribution in [3.63, 3.8) is 0 Å². The van der Waals surface area contributed by atoms with Gasteiger partial charge in [0.05, 0.1) is 19.3 Å². The molecule has 0 heterocycles. The van der Waals surface area contributed by atoms with Crippen LogP contribution < -0.4 is 15.4 Å². The zero-order valence-electron chi connectivity index (χ0n) is 14.5. The van der Waals surface area contributed by atoms with E-state index in [0.717, 1.165) is 37.9 Å². The second-order valence-corrected chi connectivity index (χ2v) is 7.45. The van der Waals surface area contributed by atoms with E-state index in [-0.39, 0.29) is 18.7 Å². The molecule has 0 radical (unpaired) electrons. The van der Waals surface area contributed by atoms with Crippen LogP contribution in [0, 0.1) is 11.8 Å². The summed E-state index contributed by atoms with van der Waals surface area (Å²) in [5.41, 5.74) is 0.660. The molecule has 0 spiro atoms. The van der Waals surface area contributed by atoms with E-state index in [4.69, 9.17) is 4.74 Å². The van der Waals surface area contributed by atoms with E-state index < -0.39 is 5.54 Å². The zero-order chi connectivity index (χ0) is 17.2. The Bertz CT molecular complexity index is 584. The van der Waals surface area contributed by atoms with Gasteiger partial charge in [0.25, 0.3) is 0 Å². The van der Waals surface area contributed by atoms with Crippen LogP contribution >= 0.6 is 0 Å². The fourth-order valence-corrected chi connectivity index (χ4v) is 3.34. The highest BCUT2D eigenvalue weighted by Crippen LogP contribution is 2.39. The van der Waals surface area contributed by atoms with Crippen LogP contribution in [-0.4, -0.2) is 36.4 Å². The number of carbonyl (C=O) groups is 1. The third kappa shape index (κ3) is 4.20. The van der Waals surface area contributed by atoms with Crippen LogP contribution in [0.4, 0.5) is 4.79 Å². The number of rotatable bonds is 8. The average Bonchev–Trinajstić information content (AvgIpc) is 3.46. The van der Waals surface area contributed by atoms with Crippen molar-refractivity contribution < 1.29 is 14.6 Å². The number of nitrogens with one attached hydrogen (secondary N) is 2. The van der Waals surface area contributed by atoms with Gasteiger partial charge in [-0.2, -0.15) is 0 Å². The van der Waals surface area contributed by atoms with Gasteiger partial charge >= 0.3 is 6.03 Å². The monoisotopic (exact) mass is 332 g/mol. The standard InChI is InChI=1S/C19H28N2O3/c1-19(12-22,15-8-9-15)21-18(23)20-17(14-6-7-14)11-13-4-3-5-16(10-13)24-2/h3-5,10,14-15,17,22H,6-9,11-12H2,1-2H3,(H2,20,21,23). The Kier molecular flexibility index (Phi) is 4.99. The summed E-state index contributed by atoms with van der Waals surface area (Å²) < 4.78 is 5.28. The minimum absolute atomic E-state index is 0.0188. The van der Waals surface area contributed by atoms with Gasteiger partial charge in [0, 0.05) is 6.04 Å². The lowest BCUT2D eigenvalue weighted by Crippen LogP contribution is -2.56. The Morgan fingerprint density at radius 3 is 2.71 bits per heavy atom. The molecule has 5 heteroatoms. The molecule has 2 atom stereocenters. The molecule has 3 N–H and O–H groups in total. The predicted molar refractivity (Wildman–Crippen MR) is 93.1 cm³/mol. The van der Waals surface area contributed by atoms with E-state index in [2.05, 4.69) is 16.7 Å². The van der Waals surface area contributed by atoms with Crippen molar-refractivity contribution in [1.29, 1.82) is 0 Å². The number of urea groups is 1. The number of hydrogen-bond acceptors (Lipinski definition) is 3. The molecular weight excluding hydrogens is 304 g/mol. The summed E-state index contributed by atoms with van der Waals surface area (Å²) in [7, 11) is 1.66. The zero-order valence-corrected chi connectivity index (χ0v) is 14.5. The Morgan fingerprint density at radius 2 is 2.12 bits per heavy atom. The van der Waals surface area contributed by atoms with Crippen LogP contribution in [0.3, 0.4) is 0 Å². The van der Waals surface area contributed by atoms with Gasteiger partial charge in [0.1, 0.15) is 5.75 Å². The molecule has 0 aliphatic heterocycles. The second-order valence-electron chi connectivity index (χ2n) is 7.45. The van der Waals surface area contributed by atoms with Crippen LogP contribution in [0.5, 0.6) is 5.75 Å². The number of carbonyl (C=O) groups excluding carboxylic acids is 1. The van der Waals surface area contributed by atoms with Crippen molar-refractivity contribution in [1.82, 2.24) is 10.6 Å². The lowest BCUT2D eigenvalue weighted by atomic mass is 9.97. The summed E-state index contributed by atoms with van der Waals surface area (Å²) in [5, 5.41) is 15.8. The van der Waals surface area contributed by atoms with Gasteiger partial charge < -0.3 is 20.5 Å². The summed E-state index contributed by atoms with van der Waals surface area (Å²) in [5.74, 6) is 1.78. The number of benzene rings is 1. The molecule has 2 amide bonds. The first-order valence-electron chi connectivity index (χ1n) is 8.86. The van der Waals surface area contributed by atoms with Crippen LogP contribution in [0.25, 0.3) is 0 Å². The molecule has 2 saturated carbocycles. The largest absolute Gasteiger partial charge is 0.497 e. The van der Waals surface area contributed by atoms with E-state index in [9.17, 15) is 9.90 Å². The highest BCUT2D eigenvalue weighted by Gasteiger charge is 2.42. The van der Waals surface area contributed by atoms with E-state index in [1.54, 1.807) is 7.11 Å². The van der Waals surface area contributed by atoms with Crippen molar-refractivity contribution in [3.05, 3.63) is 29.8 Å². The fraction of sp³-hybridized carbons (Fsp3) is 0.632. The van der Waals surface area contributed by atoms with E-state index in [1.807, 2.05) is 25.1 Å². The van der Waals surface area contributed by atoms with Gasteiger partial charge in [-0.1, -0.05) is 12.1 Å². The van der Waals surface area contributed by atoms with Gasteiger partial charge in [-0.25, -0.2) is 4.79 Å². The van der Waals surface area contributed by atoms with Gasteiger partial charge in [-0.15, -0.1) is 0 Å². The first kappa shape index (κ1) is 17.1. The number of amides is 2. The number of methoxy groups -OCH3 is 1. The molecule has 0 bridgehead atoms. The second kappa shape index (κ2) is 7.01. The number of hydrogen-bond donors (Lipinski definition) is 3. The molecule has 1 aromatic rings. The number of ether oxygens (including phenoxy) is 1. The number of aliphatic hydroxyl groups is 1. The molecule has 132 valence electrons. The van der Waals surface area contributed by atoms with Gasteiger partial charge in [0.2, 0.25) is 0 Å². The van der Waals surface area contributed by atoms with Crippen molar-refractivity contribution in [2.24, 2.45) is 11.8 Å².